The third-order valence-electron chi connectivity index (χ3n) is 6.32. The Balaban J connectivity index is 1.68. The summed E-state index contributed by atoms with van der Waals surface area (Å²) in [5.41, 5.74) is 0. The highest BCUT2D eigenvalue weighted by Crippen LogP contribution is 2.28. The normalized spacial score (nSPS) is 39.5. The Bertz CT molecular complexity index is 331. The van der Waals surface area contributed by atoms with Crippen molar-refractivity contribution in [3.8, 4) is 0 Å². The van der Waals surface area contributed by atoms with Crippen LogP contribution in [0.15, 0.2) is 25.3 Å². The topological polar surface area (TPSA) is 0 Å². The van der Waals surface area contributed by atoms with Crippen molar-refractivity contribution in [2.75, 3.05) is 40.3 Å². The molecular weight excluding hydrogens is 256 g/mol. The minimum Gasteiger partial charge on any atom is -0.320 e. The van der Waals surface area contributed by atoms with E-state index in [-0.39, 0.29) is 0 Å². The zero-order valence-electron chi connectivity index (χ0n) is 14.4. The summed E-state index contributed by atoms with van der Waals surface area (Å²) in [6.07, 6.45) is 14.0. The number of rotatable bonds is 8. The average molecular weight is 293 g/mol. The van der Waals surface area contributed by atoms with Gasteiger partial charge in [-0.15, -0.1) is 0 Å². The van der Waals surface area contributed by atoms with E-state index < -0.39 is 0 Å². The van der Waals surface area contributed by atoms with Crippen LogP contribution in [0.4, 0.5) is 0 Å². The lowest BCUT2D eigenvalue weighted by Gasteiger charge is -2.36. The second kappa shape index (κ2) is 7.11. The Morgan fingerprint density at radius 1 is 0.810 bits per heavy atom. The van der Waals surface area contributed by atoms with E-state index in [4.69, 9.17) is 0 Å². The van der Waals surface area contributed by atoms with E-state index in [0.717, 1.165) is 0 Å². The van der Waals surface area contributed by atoms with E-state index in [1.165, 1.54) is 80.1 Å². The summed E-state index contributed by atoms with van der Waals surface area (Å²) in [6, 6.07) is 1.41. The monoisotopic (exact) mass is 292 g/mol. The van der Waals surface area contributed by atoms with Crippen molar-refractivity contribution in [2.24, 2.45) is 0 Å². The summed E-state index contributed by atoms with van der Waals surface area (Å²) in [5.74, 6) is 0. The fourth-order valence-corrected chi connectivity index (χ4v) is 4.70. The third-order valence-corrected chi connectivity index (χ3v) is 6.32. The van der Waals surface area contributed by atoms with Gasteiger partial charge in [-0.05, 0) is 31.4 Å². The smallest absolute Gasteiger partial charge is 0.107 e. The molecule has 2 saturated heterocycles. The maximum Gasteiger partial charge on any atom is 0.107 e. The zero-order valence-corrected chi connectivity index (χ0v) is 14.4. The molecule has 4 unspecified atom stereocenters. The van der Waals surface area contributed by atoms with Crippen molar-refractivity contribution in [2.45, 2.75) is 57.0 Å². The van der Waals surface area contributed by atoms with Crippen molar-refractivity contribution in [3.63, 3.8) is 0 Å². The SMILES string of the molecule is C=CC1CCC[N+]1(C)CCCCC[N+]1(C)CCCC1C=C. The standard InChI is InChI=1S/C19H36N2/c1-5-18-12-10-16-20(18,3)14-8-7-9-15-21(4)17-11-13-19(21)6-2/h5-6,18-19H,1-2,7-17H2,3-4H3/q+2. The number of hydrogen-bond donors (Lipinski definition) is 0. The molecule has 2 heterocycles. The van der Waals surface area contributed by atoms with Gasteiger partial charge >= 0.3 is 0 Å². The number of unbranched alkanes of at least 4 members (excludes halogenated alkanes) is 2. The van der Waals surface area contributed by atoms with Gasteiger partial charge in [0.05, 0.1) is 40.3 Å². The van der Waals surface area contributed by atoms with E-state index in [1.807, 2.05) is 0 Å². The molecule has 2 fully saturated rings. The highest BCUT2D eigenvalue weighted by Gasteiger charge is 2.36. The molecule has 0 aliphatic carbocycles. The third kappa shape index (κ3) is 3.78. The Morgan fingerprint density at radius 3 is 1.62 bits per heavy atom. The molecule has 4 atom stereocenters. The minimum atomic E-state index is 0.707. The molecule has 2 nitrogen and oxygen atoms in total. The van der Waals surface area contributed by atoms with Crippen LogP contribution in [-0.4, -0.2) is 61.3 Å². The Hall–Kier alpha value is -0.600. The molecule has 0 bridgehead atoms. The van der Waals surface area contributed by atoms with Gasteiger partial charge in [-0.1, -0.05) is 13.2 Å². The Labute approximate surface area is 132 Å². The Morgan fingerprint density at radius 2 is 1.24 bits per heavy atom. The van der Waals surface area contributed by atoms with Crippen molar-refractivity contribution in [1.29, 1.82) is 0 Å². The maximum absolute atomic E-state index is 4.03. The van der Waals surface area contributed by atoms with Gasteiger partial charge in [0.2, 0.25) is 0 Å². The van der Waals surface area contributed by atoms with Crippen LogP contribution in [0.2, 0.25) is 0 Å². The summed E-state index contributed by atoms with van der Waals surface area (Å²) >= 11 is 0. The lowest BCUT2D eigenvalue weighted by molar-refractivity contribution is -0.916. The molecule has 0 aromatic heterocycles. The first-order chi connectivity index (χ1) is 10.0. The number of nitrogens with zero attached hydrogens (tertiary/aromatic N) is 2. The van der Waals surface area contributed by atoms with Gasteiger partial charge in [0, 0.05) is 25.7 Å². The quantitative estimate of drug-likeness (QED) is 0.363. The van der Waals surface area contributed by atoms with Crippen LogP contribution in [0.25, 0.3) is 0 Å². The second-order valence-electron chi connectivity index (χ2n) is 7.80. The van der Waals surface area contributed by atoms with Crippen molar-refractivity contribution in [3.05, 3.63) is 25.3 Å². The molecule has 0 aromatic rings. The summed E-state index contributed by atoms with van der Waals surface area (Å²) in [6.45, 7) is 13.4. The van der Waals surface area contributed by atoms with Gasteiger partial charge in [0.25, 0.3) is 0 Å². The summed E-state index contributed by atoms with van der Waals surface area (Å²) in [4.78, 5) is 0. The number of hydrogen-bond acceptors (Lipinski definition) is 0. The molecule has 120 valence electrons. The molecule has 2 heteroatoms. The van der Waals surface area contributed by atoms with Crippen LogP contribution in [-0.2, 0) is 0 Å². The van der Waals surface area contributed by atoms with Gasteiger partial charge in [0.1, 0.15) is 12.1 Å². The van der Waals surface area contributed by atoms with Gasteiger partial charge in [-0.2, -0.15) is 0 Å². The molecule has 0 spiro atoms. The molecule has 0 N–H and O–H groups in total. The summed E-state index contributed by atoms with van der Waals surface area (Å²) < 4.78 is 2.48. The number of likely N-dealkylation sites (tertiary alicyclic amines) is 2. The summed E-state index contributed by atoms with van der Waals surface area (Å²) in [7, 11) is 4.86. The predicted molar refractivity (Wildman–Crippen MR) is 92.1 cm³/mol. The minimum absolute atomic E-state index is 0.707. The van der Waals surface area contributed by atoms with E-state index in [9.17, 15) is 0 Å². The molecule has 21 heavy (non-hydrogen) atoms. The van der Waals surface area contributed by atoms with Crippen LogP contribution < -0.4 is 0 Å². The molecule has 2 aliphatic rings. The highest BCUT2D eigenvalue weighted by atomic mass is 15.4. The fourth-order valence-electron chi connectivity index (χ4n) is 4.70. The molecule has 0 amide bonds. The average Bonchev–Trinajstić information content (AvgIpc) is 3.01. The molecular formula is C19H36N2+2. The van der Waals surface area contributed by atoms with E-state index >= 15 is 0 Å². The maximum atomic E-state index is 4.03. The van der Waals surface area contributed by atoms with Crippen LogP contribution in [0.5, 0.6) is 0 Å². The van der Waals surface area contributed by atoms with Crippen LogP contribution in [0, 0.1) is 0 Å². The van der Waals surface area contributed by atoms with E-state index in [0.29, 0.717) is 12.1 Å². The molecule has 2 rings (SSSR count). The summed E-state index contributed by atoms with van der Waals surface area (Å²) in [5, 5.41) is 0. The lowest BCUT2D eigenvalue weighted by atomic mass is 10.1. The number of quaternary nitrogens is 2. The predicted octanol–water partition coefficient (Wildman–Crippen LogP) is 3.75. The largest absolute Gasteiger partial charge is 0.320 e. The first-order valence-corrected chi connectivity index (χ1v) is 8.98. The van der Waals surface area contributed by atoms with Gasteiger partial charge in [-0.3, -0.25) is 0 Å². The Kier molecular flexibility index (Phi) is 5.67. The highest BCUT2D eigenvalue weighted by molar-refractivity contribution is 4.85. The van der Waals surface area contributed by atoms with Crippen molar-refractivity contribution < 1.29 is 8.97 Å². The fraction of sp³-hybridized carbons (Fsp3) is 0.789. The van der Waals surface area contributed by atoms with Gasteiger partial charge in [-0.25, -0.2) is 0 Å². The molecule has 0 aromatic carbocycles. The second-order valence-corrected chi connectivity index (χ2v) is 7.80. The van der Waals surface area contributed by atoms with Gasteiger partial charge < -0.3 is 8.97 Å². The van der Waals surface area contributed by atoms with E-state index in [2.05, 4.69) is 39.4 Å². The first kappa shape index (κ1) is 16.8. The molecule has 0 saturated carbocycles. The van der Waals surface area contributed by atoms with Gasteiger partial charge in [0.15, 0.2) is 0 Å². The molecule has 0 radical (unpaired) electrons. The van der Waals surface area contributed by atoms with E-state index in [1.54, 1.807) is 0 Å². The van der Waals surface area contributed by atoms with Crippen molar-refractivity contribution >= 4 is 0 Å². The van der Waals surface area contributed by atoms with Crippen LogP contribution in [0.1, 0.15) is 44.9 Å². The van der Waals surface area contributed by atoms with Crippen molar-refractivity contribution in [1.82, 2.24) is 0 Å². The molecule has 2 aliphatic heterocycles. The lowest BCUT2D eigenvalue weighted by Crippen LogP contribution is -2.48. The first-order valence-electron chi connectivity index (χ1n) is 8.98. The van der Waals surface area contributed by atoms with Crippen LogP contribution >= 0.6 is 0 Å². The number of likely N-dealkylation sites (N-methyl/N-ethyl adjacent to an activating group) is 2. The van der Waals surface area contributed by atoms with Crippen LogP contribution in [0.3, 0.4) is 0 Å². The zero-order chi connectivity index (χ0) is 15.3.